The van der Waals surface area contributed by atoms with Crippen molar-refractivity contribution < 1.29 is 9.69 Å². The predicted octanol–water partition coefficient (Wildman–Crippen LogP) is 1.23. The van der Waals surface area contributed by atoms with Gasteiger partial charge in [0.25, 0.3) is 5.91 Å². The van der Waals surface area contributed by atoms with E-state index in [0.29, 0.717) is 0 Å². The highest BCUT2D eigenvalue weighted by molar-refractivity contribution is 7.16. The van der Waals surface area contributed by atoms with Gasteiger partial charge in [0.05, 0.1) is 24.0 Å². The van der Waals surface area contributed by atoms with Gasteiger partial charge in [0.15, 0.2) is 0 Å². The van der Waals surface area contributed by atoms with E-state index in [1.807, 2.05) is 11.4 Å². The summed E-state index contributed by atoms with van der Waals surface area (Å²) < 4.78 is 0. The molecule has 0 aromatic carbocycles. The van der Waals surface area contributed by atoms with Gasteiger partial charge < -0.3 is 15.5 Å². The molecule has 0 saturated heterocycles. The summed E-state index contributed by atoms with van der Waals surface area (Å²) in [6, 6.07) is 4.07. The number of amides is 1. The zero-order valence-electron chi connectivity index (χ0n) is 11.2. The third-order valence-corrected chi connectivity index (χ3v) is 6.06. The SMILES string of the molecule is C[NH+]1CCc2c(sc3c2C(=O)N[C@H](c2cccs2)N3)C1. The number of fused-ring (bicyclic) bond motifs is 3. The first-order valence-corrected chi connectivity index (χ1v) is 8.48. The molecule has 4 nitrogen and oxygen atoms in total. The summed E-state index contributed by atoms with van der Waals surface area (Å²) in [5.41, 5.74) is 2.16. The maximum atomic E-state index is 12.5. The second kappa shape index (κ2) is 4.58. The summed E-state index contributed by atoms with van der Waals surface area (Å²) in [4.78, 5) is 16.5. The van der Waals surface area contributed by atoms with Gasteiger partial charge in [-0.25, -0.2) is 0 Å². The Labute approximate surface area is 125 Å². The van der Waals surface area contributed by atoms with Crippen LogP contribution in [0.4, 0.5) is 5.00 Å². The van der Waals surface area contributed by atoms with Crippen molar-refractivity contribution in [2.45, 2.75) is 19.1 Å². The molecule has 4 rings (SSSR count). The van der Waals surface area contributed by atoms with E-state index in [1.54, 1.807) is 22.7 Å². The lowest BCUT2D eigenvalue weighted by atomic mass is 10.0. The van der Waals surface area contributed by atoms with E-state index in [9.17, 15) is 4.79 Å². The molecule has 2 aromatic rings. The highest BCUT2D eigenvalue weighted by Gasteiger charge is 2.33. The predicted molar refractivity (Wildman–Crippen MR) is 81.6 cm³/mol. The number of anilines is 1. The fraction of sp³-hybridized carbons (Fsp3) is 0.357. The van der Waals surface area contributed by atoms with Crippen LogP contribution in [0.15, 0.2) is 17.5 Å². The maximum Gasteiger partial charge on any atom is 0.256 e. The molecule has 4 heterocycles. The van der Waals surface area contributed by atoms with Crippen molar-refractivity contribution in [3.8, 4) is 0 Å². The van der Waals surface area contributed by atoms with Crippen molar-refractivity contribution in [3.05, 3.63) is 38.4 Å². The number of rotatable bonds is 1. The first kappa shape index (κ1) is 12.4. The van der Waals surface area contributed by atoms with E-state index in [1.165, 1.54) is 15.3 Å². The number of likely N-dealkylation sites (N-methyl/N-ethyl adjacent to an activating group) is 1. The molecule has 0 spiro atoms. The number of hydrogen-bond acceptors (Lipinski definition) is 4. The third-order valence-electron chi connectivity index (χ3n) is 3.96. The number of carbonyl (C=O) groups excluding carboxylic acids is 1. The summed E-state index contributed by atoms with van der Waals surface area (Å²) in [5, 5.41) is 9.66. The van der Waals surface area contributed by atoms with Crippen molar-refractivity contribution in [3.63, 3.8) is 0 Å². The van der Waals surface area contributed by atoms with Gasteiger partial charge in [-0.3, -0.25) is 4.79 Å². The monoisotopic (exact) mass is 306 g/mol. The zero-order valence-corrected chi connectivity index (χ0v) is 12.8. The van der Waals surface area contributed by atoms with Crippen LogP contribution in [0, 0.1) is 0 Å². The van der Waals surface area contributed by atoms with Gasteiger partial charge in [0.1, 0.15) is 17.7 Å². The Kier molecular flexibility index (Phi) is 2.83. The van der Waals surface area contributed by atoms with Crippen LogP contribution in [0.3, 0.4) is 0 Å². The fourth-order valence-corrected chi connectivity index (χ4v) is 5.04. The van der Waals surface area contributed by atoms with Crippen LogP contribution in [-0.2, 0) is 13.0 Å². The Morgan fingerprint density at radius 3 is 3.10 bits per heavy atom. The quantitative estimate of drug-likeness (QED) is 0.742. The average molecular weight is 306 g/mol. The minimum atomic E-state index is -0.0832. The topological polar surface area (TPSA) is 45.6 Å². The Balaban J connectivity index is 1.73. The maximum absolute atomic E-state index is 12.5. The summed E-state index contributed by atoms with van der Waals surface area (Å²) in [7, 11) is 2.21. The van der Waals surface area contributed by atoms with Crippen LogP contribution in [0.2, 0.25) is 0 Å². The van der Waals surface area contributed by atoms with Crippen LogP contribution in [0.5, 0.6) is 0 Å². The summed E-state index contributed by atoms with van der Waals surface area (Å²) >= 11 is 3.42. The molecular weight excluding hydrogens is 290 g/mol. The lowest BCUT2D eigenvalue weighted by Gasteiger charge is -2.25. The molecule has 2 atom stereocenters. The van der Waals surface area contributed by atoms with Crippen LogP contribution in [-0.4, -0.2) is 19.5 Å². The zero-order chi connectivity index (χ0) is 13.7. The lowest BCUT2D eigenvalue weighted by Crippen LogP contribution is -3.08. The summed E-state index contributed by atoms with van der Waals surface area (Å²) in [5.74, 6) is 0.0780. The van der Waals surface area contributed by atoms with Crippen molar-refractivity contribution >= 4 is 33.6 Å². The Morgan fingerprint density at radius 1 is 1.40 bits per heavy atom. The Bertz CT molecular complexity index is 662. The minimum absolute atomic E-state index is 0.0780. The standard InChI is InChI=1S/C14H15N3OS2/c1-17-5-4-8-10(7-17)20-14-11(8)13(18)15-12(16-14)9-3-2-6-19-9/h2-3,6,12,16H,4-5,7H2,1H3,(H,15,18)/p+1/t12-/m0/s1. The van der Waals surface area contributed by atoms with Gasteiger partial charge in [0.2, 0.25) is 0 Å². The molecule has 3 N–H and O–H groups in total. The molecule has 6 heteroatoms. The Morgan fingerprint density at radius 2 is 2.30 bits per heavy atom. The highest BCUT2D eigenvalue weighted by atomic mass is 32.1. The molecule has 1 unspecified atom stereocenters. The smallest absolute Gasteiger partial charge is 0.256 e. The lowest BCUT2D eigenvalue weighted by molar-refractivity contribution is -0.895. The number of nitrogens with one attached hydrogen (secondary N) is 3. The second-order valence-corrected chi connectivity index (χ2v) is 7.49. The van der Waals surface area contributed by atoms with Crippen molar-refractivity contribution in [2.24, 2.45) is 0 Å². The van der Waals surface area contributed by atoms with E-state index < -0.39 is 0 Å². The van der Waals surface area contributed by atoms with E-state index >= 15 is 0 Å². The second-order valence-electron chi connectivity index (χ2n) is 5.41. The van der Waals surface area contributed by atoms with Gasteiger partial charge in [-0.15, -0.1) is 22.7 Å². The van der Waals surface area contributed by atoms with Gasteiger partial charge >= 0.3 is 0 Å². The van der Waals surface area contributed by atoms with Gasteiger partial charge in [-0.1, -0.05) is 6.07 Å². The molecule has 2 aliphatic heterocycles. The number of carbonyl (C=O) groups is 1. The number of quaternary nitrogens is 1. The Hall–Kier alpha value is -1.37. The van der Waals surface area contributed by atoms with E-state index in [4.69, 9.17) is 0 Å². The molecular formula is C14H16N3OS2+. The third kappa shape index (κ3) is 1.87. The largest absolute Gasteiger partial charge is 0.352 e. The van der Waals surface area contributed by atoms with Gasteiger partial charge in [-0.05, 0) is 17.0 Å². The molecule has 2 aliphatic rings. The van der Waals surface area contributed by atoms with Crippen LogP contribution < -0.4 is 15.5 Å². The van der Waals surface area contributed by atoms with Crippen LogP contribution >= 0.6 is 22.7 Å². The molecule has 20 heavy (non-hydrogen) atoms. The molecule has 0 fully saturated rings. The number of thiophene rings is 2. The van der Waals surface area contributed by atoms with E-state index in [2.05, 4.69) is 23.7 Å². The van der Waals surface area contributed by atoms with Crippen LogP contribution in [0.25, 0.3) is 0 Å². The average Bonchev–Trinajstić information content (AvgIpc) is 3.04. The molecule has 0 radical (unpaired) electrons. The van der Waals surface area contributed by atoms with Crippen LogP contribution in [0.1, 0.15) is 31.8 Å². The highest BCUT2D eigenvalue weighted by Crippen LogP contribution is 2.39. The fourth-order valence-electron chi connectivity index (χ4n) is 2.93. The first-order valence-electron chi connectivity index (χ1n) is 6.79. The van der Waals surface area contributed by atoms with Crippen molar-refractivity contribution in [1.82, 2.24) is 5.32 Å². The summed E-state index contributed by atoms with van der Waals surface area (Å²) in [6.07, 6.45) is 0.923. The van der Waals surface area contributed by atoms with Crippen molar-refractivity contribution in [1.29, 1.82) is 0 Å². The van der Waals surface area contributed by atoms with Gasteiger partial charge in [0, 0.05) is 11.3 Å². The minimum Gasteiger partial charge on any atom is -0.352 e. The molecule has 0 saturated carbocycles. The normalized spacial score (nSPS) is 24.6. The van der Waals surface area contributed by atoms with Gasteiger partial charge in [-0.2, -0.15) is 0 Å². The molecule has 1 amide bonds. The summed E-state index contributed by atoms with van der Waals surface area (Å²) in [6.45, 7) is 2.14. The van der Waals surface area contributed by atoms with E-state index in [-0.39, 0.29) is 12.1 Å². The number of hydrogen-bond donors (Lipinski definition) is 3. The molecule has 0 bridgehead atoms. The van der Waals surface area contributed by atoms with Crippen molar-refractivity contribution in [2.75, 3.05) is 18.9 Å². The first-order chi connectivity index (χ1) is 9.72. The molecule has 2 aromatic heterocycles. The molecule has 0 aliphatic carbocycles. The van der Waals surface area contributed by atoms with E-state index in [0.717, 1.165) is 35.0 Å². The molecule has 104 valence electrons.